The maximum Gasteiger partial charge on any atom is 0.252 e. The number of hydrogen-bond acceptors (Lipinski definition) is 3. The minimum absolute atomic E-state index is 0. The molecule has 0 amide bonds. The van der Waals surface area contributed by atoms with Crippen molar-refractivity contribution in [2.45, 2.75) is 18.9 Å². The average Bonchev–Trinajstić information content (AvgIpc) is 2.82. The Morgan fingerprint density at radius 3 is 2.60 bits per heavy atom. The highest BCUT2D eigenvalue weighted by Crippen LogP contribution is 2.36. The Kier molecular flexibility index (Phi) is 5.08. The second-order valence-corrected chi connectivity index (χ2v) is 5.92. The number of benzene rings is 1. The lowest BCUT2D eigenvalue weighted by molar-refractivity contribution is 0.108. The van der Waals surface area contributed by atoms with Crippen LogP contribution in [0.1, 0.15) is 33.9 Å². The van der Waals surface area contributed by atoms with E-state index in [1.165, 1.54) is 17.5 Å². The van der Waals surface area contributed by atoms with E-state index in [0.717, 1.165) is 32.6 Å². The monoisotopic (exact) mass is 314 g/mol. The second-order valence-electron chi connectivity index (χ2n) is 5.58. The molecular formula is C15H20Cl2N2O. The van der Waals surface area contributed by atoms with E-state index in [4.69, 9.17) is 11.6 Å². The third kappa shape index (κ3) is 3.01. The van der Waals surface area contributed by atoms with Gasteiger partial charge in [-0.1, -0.05) is 6.07 Å². The zero-order valence-electron chi connectivity index (χ0n) is 11.6. The number of halogens is 2. The molecule has 1 aliphatic heterocycles. The summed E-state index contributed by atoms with van der Waals surface area (Å²) in [5.41, 5.74) is 3.32. The first-order valence-electron chi connectivity index (χ1n) is 6.90. The smallest absolute Gasteiger partial charge is 0.252 e. The van der Waals surface area contributed by atoms with Gasteiger partial charge in [0.15, 0.2) is 0 Å². The van der Waals surface area contributed by atoms with Crippen LogP contribution in [0.5, 0.6) is 0 Å². The zero-order chi connectivity index (χ0) is 13.4. The molecule has 20 heavy (non-hydrogen) atoms. The zero-order valence-corrected chi connectivity index (χ0v) is 13.2. The van der Waals surface area contributed by atoms with E-state index in [1.807, 2.05) is 12.1 Å². The normalized spacial score (nSPS) is 23.2. The number of hydrogen-bond donors (Lipinski definition) is 0. The molecule has 0 aromatic heterocycles. The molecule has 1 atom stereocenters. The van der Waals surface area contributed by atoms with Gasteiger partial charge in [-0.2, -0.15) is 0 Å². The Hall–Kier alpha value is -0.610. The van der Waals surface area contributed by atoms with E-state index in [2.05, 4.69) is 22.9 Å². The molecule has 1 fully saturated rings. The minimum atomic E-state index is -0.356. The molecule has 2 aliphatic rings. The highest BCUT2D eigenvalue weighted by atomic mass is 35.5. The van der Waals surface area contributed by atoms with Crippen molar-refractivity contribution in [2.75, 3.05) is 33.2 Å². The van der Waals surface area contributed by atoms with Crippen LogP contribution in [-0.4, -0.2) is 48.3 Å². The number of nitrogens with zero attached hydrogens (tertiary/aromatic N) is 2. The van der Waals surface area contributed by atoms with Gasteiger partial charge in [-0.3, -0.25) is 9.69 Å². The Balaban J connectivity index is 0.00000147. The van der Waals surface area contributed by atoms with Gasteiger partial charge >= 0.3 is 0 Å². The highest BCUT2D eigenvalue weighted by molar-refractivity contribution is 6.67. The maximum atomic E-state index is 11.2. The lowest BCUT2D eigenvalue weighted by atomic mass is 10.0. The summed E-state index contributed by atoms with van der Waals surface area (Å²) in [6.45, 7) is 4.56. The summed E-state index contributed by atoms with van der Waals surface area (Å²) in [6.07, 6.45) is 2.23. The lowest BCUT2D eigenvalue weighted by Gasteiger charge is -2.36. The van der Waals surface area contributed by atoms with Crippen molar-refractivity contribution in [3.8, 4) is 0 Å². The summed E-state index contributed by atoms with van der Waals surface area (Å²) in [5, 5.41) is -0.356. The van der Waals surface area contributed by atoms with Gasteiger partial charge in [0.1, 0.15) is 0 Å². The average molecular weight is 315 g/mol. The molecule has 1 heterocycles. The SMILES string of the molecule is CN1CCN(C2CCc3cc(C(=O)Cl)ccc32)CC1.Cl. The maximum absolute atomic E-state index is 11.2. The molecule has 1 saturated heterocycles. The van der Waals surface area contributed by atoms with Gasteiger partial charge in [0, 0.05) is 37.8 Å². The molecule has 0 N–H and O–H groups in total. The van der Waals surface area contributed by atoms with E-state index in [-0.39, 0.29) is 17.6 Å². The summed E-state index contributed by atoms with van der Waals surface area (Å²) in [6, 6.07) is 6.47. The van der Waals surface area contributed by atoms with E-state index in [0.29, 0.717) is 11.6 Å². The number of carbonyl (C=O) groups is 1. The fraction of sp³-hybridized carbons (Fsp3) is 0.533. The van der Waals surface area contributed by atoms with Crippen LogP contribution in [0.3, 0.4) is 0 Å². The number of aryl methyl sites for hydroxylation is 1. The molecular weight excluding hydrogens is 295 g/mol. The van der Waals surface area contributed by atoms with Crippen LogP contribution in [-0.2, 0) is 6.42 Å². The van der Waals surface area contributed by atoms with Gasteiger partial charge < -0.3 is 4.90 Å². The standard InChI is InChI=1S/C15H19ClN2O.ClH/c1-17-6-8-18(9-7-17)14-5-3-11-10-12(15(16)19)2-4-13(11)14;/h2,4,10,14H,3,5-9H2,1H3;1H. The van der Waals surface area contributed by atoms with Crippen molar-refractivity contribution in [2.24, 2.45) is 0 Å². The summed E-state index contributed by atoms with van der Waals surface area (Å²) in [5.74, 6) is 0. The first-order valence-corrected chi connectivity index (χ1v) is 7.28. The fourth-order valence-corrected chi connectivity index (χ4v) is 3.35. The molecule has 1 unspecified atom stereocenters. The van der Waals surface area contributed by atoms with Crippen molar-refractivity contribution in [3.05, 3.63) is 34.9 Å². The predicted octanol–water partition coefficient (Wildman–Crippen LogP) is 2.72. The lowest BCUT2D eigenvalue weighted by Crippen LogP contribution is -2.45. The summed E-state index contributed by atoms with van der Waals surface area (Å²) in [4.78, 5) is 16.2. The summed E-state index contributed by atoms with van der Waals surface area (Å²) < 4.78 is 0. The Morgan fingerprint density at radius 1 is 1.25 bits per heavy atom. The highest BCUT2D eigenvalue weighted by Gasteiger charge is 2.29. The largest absolute Gasteiger partial charge is 0.304 e. The molecule has 3 nitrogen and oxygen atoms in total. The van der Waals surface area contributed by atoms with Gasteiger partial charge in [0.2, 0.25) is 0 Å². The quantitative estimate of drug-likeness (QED) is 0.784. The fourth-order valence-electron chi connectivity index (χ4n) is 3.23. The number of piperazine rings is 1. The van der Waals surface area contributed by atoms with Crippen LogP contribution >= 0.6 is 24.0 Å². The Morgan fingerprint density at radius 2 is 1.95 bits per heavy atom. The van der Waals surface area contributed by atoms with Crippen molar-refractivity contribution in [1.29, 1.82) is 0 Å². The van der Waals surface area contributed by atoms with Crippen molar-refractivity contribution >= 4 is 29.3 Å². The van der Waals surface area contributed by atoms with Gasteiger partial charge in [-0.25, -0.2) is 0 Å². The van der Waals surface area contributed by atoms with Crippen LogP contribution in [0.4, 0.5) is 0 Å². The van der Waals surface area contributed by atoms with E-state index in [1.54, 1.807) is 0 Å². The predicted molar refractivity (Wildman–Crippen MR) is 84.0 cm³/mol. The van der Waals surface area contributed by atoms with Crippen LogP contribution < -0.4 is 0 Å². The van der Waals surface area contributed by atoms with Crippen molar-refractivity contribution in [3.63, 3.8) is 0 Å². The minimum Gasteiger partial charge on any atom is -0.304 e. The molecule has 110 valence electrons. The van der Waals surface area contributed by atoms with Gasteiger partial charge in [0.25, 0.3) is 5.24 Å². The van der Waals surface area contributed by atoms with Gasteiger partial charge in [-0.05, 0) is 54.7 Å². The summed E-state index contributed by atoms with van der Waals surface area (Å²) >= 11 is 5.55. The molecule has 0 spiro atoms. The van der Waals surface area contributed by atoms with Gasteiger partial charge in [-0.15, -0.1) is 12.4 Å². The molecule has 1 aromatic rings. The molecule has 5 heteroatoms. The number of likely N-dealkylation sites (N-methyl/N-ethyl adjacent to an activating group) is 1. The van der Waals surface area contributed by atoms with Crippen LogP contribution in [0.15, 0.2) is 18.2 Å². The van der Waals surface area contributed by atoms with Crippen LogP contribution in [0.25, 0.3) is 0 Å². The molecule has 3 rings (SSSR count). The molecule has 0 radical (unpaired) electrons. The second kappa shape index (κ2) is 6.44. The Labute approximate surface area is 131 Å². The van der Waals surface area contributed by atoms with Crippen molar-refractivity contribution < 1.29 is 4.79 Å². The number of fused-ring (bicyclic) bond motifs is 1. The topological polar surface area (TPSA) is 23.6 Å². The Bertz CT molecular complexity index is 499. The third-order valence-electron chi connectivity index (χ3n) is 4.39. The van der Waals surface area contributed by atoms with E-state index < -0.39 is 0 Å². The first kappa shape index (κ1) is 15.8. The number of rotatable bonds is 2. The summed E-state index contributed by atoms with van der Waals surface area (Å²) in [7, 11) is 2.18. The van der Waals surface area contributed by atoms with Gasteiger partial charge in [0.05, 0.1) is 0 Å². The molecule has 0 bridgehead atoms. The van der Waals surface area contributed by atoms with Crippen LogP contribution in [0.2, 0.25) is 0 Å². The van der Waals surface area contributed by atoms with Crippen LogP contribution in [0, 0.1) is 0 Å². The molecule has 1 aromatic carbocycles. The molecule has 1 aliphatic carbocycles. The first-order chi connectivity index (χ1) is 9.15. The third-order valence-corrected chi connectivity index (χ3v) is 4.61. The van der Waals surface area contributed by atoms with E-state index in [9.17, 15) is 4.79 Å². The van der Waals surface area contributed by atoms with Crippen molar-refractivity contribution in [1.82, 2.24) is 9.80 Å². The molecule has 0 saturated carbocycles. The number of carbonyl (C=O) groups excluding carboxylic acids is 1. The van der Waals surface area contributed by atoms with E-state index >= 15 is 0 Å².